The zero-order valence-corrected chi connectivity index (χ0v) is 19.1. The number of aromatic nitrogens is 3. The summed E-state index contributed by atoms with van der Waals surface area (Å²) in [6, 6.07) is 14.7. The first-order valence-corrected chi connectivity index (χ1v) is 11.3. The van der Waals surface area contributed by atoms with Crippen molar-refractivity contribution in [2.24, 2.45) is 0 Å². The maximum Gasteiger partial charge on any atom is 0.339 e. The molecule has 0 aliphatic rings. The van der Waals surface area contributed by atoms with Crippen LogP contribution in [0.2, 0.25) is 0 Å². The molecule has 0 spiro atoms. The topological polar surface area (TPSA) is 95.3 Å². The van der Waals surface area contributed by atoms with Crippen molar-refractivity contribution in [2.45, 2.75) is 38.6 Å². The molecule has 0 atom stereocenters. The maximum absolute atomic E-state index is 12.5. The lowest BCUT2D eigenvalue weighted by Gasteiger charge is -2.10. The molecule has 1 aromatic heterocycles. The Morgan fingerprint density at radius 3 is 2.50 bits per heavy atom. The van der Waals surface area contributed by atoms with E-state index in [1.165, 1.54) is 24.4 Å². The van der Waals surface area contributed by atoms with E-state index < -0.39 is 5.97 Å². The predicted molar refractivity (Wildman–Crippen MR) is 123 cm³/mol. The van der Waals surface area contributed by atoms with E-state index in [4.69, 9.17) is 9.47 Å². The summed E-state index contributed by atoms with van der Waals surface area (Å²) in [5, 5.41) is 11.8. The van der Waals surface area contributed by atoms with Gasteiger partial charge in [0.05, 0.1) is 24.1 Å². The fourth-order valence-corrected chi connectivity index (χ4v) is 3.84. The Bertz CT molecular complexity index is 1070. The lowest BCUT2D eigenvalue weighted by molar-refractivity contribution is -0.113. The number of hydrogen-bond acceptors (Lipinski definition) is 7. The molecule has 0 saturated carbocycles. The van der Waals surface area contributed by atoms with Gasteiger partial charge in [-0.05, 0) is 43.2 Å². The second-order valence-electron chi connectivity index (χ2n) is 6.80. The number of nitrogens with zero attached hydrogens (tertiary/aromatic N) is 3. The largest absolute Gasteiger partial charge is 0.486 e. The molecule has 3 rings (SSSR count). The molecule has 168 valence electrons. The SMILES string of the molecule is CCc1ccc(OCc2nnc(SCC(=O)Nc3ccccc3C(=O)OC)n2CC)cc1. The first kappa shape index (κ1) is 23.3. The Hall–Kier alpha value is -3.33. The standard InChI is InChI=1S/C23H26N4O4S/c1-4-16-10-12-17(13-11-16)31-14-20-25-26-23(27(20)5-2)32-15-21(28)24-19-9-7-6-8-18(19)22(29)30-3/h6-13H,4-5,14-15H2,1-3H3,(H,24,28). The zero-order valence-electron chi connectivity index (χ0n) is 18.3. The Morgan fingerprint density at radius 1 is 1.06 bits per heavy atom. The number of para-hydroxylation sites is 1. The van der Waals surface area contributed by atoms with Crippen LogP contribution in [0.4, 0.5) is 5.69 Å². The van der Waals surface area contributed by atoms with Crippen LogP contribution in [0.3, 0.4) is 0 Å². The number of ether oxygens (including phenoxy) is 2. The highest BCUT2D eigenvalue weighted by Gasteiger charge is 2.16. The van der Waals surface area contributed by atoms with E-state index >= 15 is 0 Å². The lowest BCUT2D eigenvalue weighted by atomic mass is 10.2. The van der Waals surface area contributed by atoms with E-state index in [-0.39, 0.29) is 18.3 Å². The molecule has 0 radical (unpaired) electrons. The van der Waals surface area contributed by atoms with Gasteiger partial charge in [0.1, 0.15) is 12.4 Å². The zero-order chi connectivity index (χ0) is 22.9. The fourth-order valence-electron chi connectivity index (χ4n) is 3.02. The van der Waals surface area contributed by atoms with Gasteiger partial charge in [-0.3, -0.25) is 4.79 Å². The highest BCUT2D eigenvalue weighted by atomic mass is 32.2. The number of benzene rings is 2. The van der Waals surface area contributed by atoms with Crippen LogP contribution in [0.1, 0.15) is 35.6 Å². The van der Waals surface area contributed by atoms with Crippen molar-refractivity contribution in [1.82, 2.24) is 14.8 Å². The van der Waals surface area contributed by atoms with E-state index in [0.717, 1.165) is 12.2 Å². The summed E-state index contributed by atoms with van der Waals surface area (Å²) in [5.74, 6) is 0.809. The molecule has 0 unspecified atom stereocenters. The molecule has 8 nitrogen and oxygen atoms in total. The number of esters is 1. The molecule has 1 N–H and O–H groups in total. The molecule has 0 fully saturated rings. The smallest absolute Gasteiger partial charge is 0.339 e. The maximum atomic E-state index is 12.5. The number of aryl methyl sites for hydroxylation is 1. The third-order valence-corrected chi connectivity index (χ3v) is 5.71. The number of amides is 1. The van der Waals surface area contributed by atoms with Crippen LogP contribution in [-0.2, 0) is 29.1 Å². The Kier molecular flexibility index (Phi) is 8.27. The molecular formula is C23H26N4O4S. The minimum Gasteiger partial charge on any atom is -0.486 e. The molecule has 0 saturated heterocycles. The van der Waals surface area contributed by atoms with Gasteiger partial charge in [-0.2, -0.15) is 0 Å². The van der Waals surface area contributed by atoms with Gasteiger partial charge < -0.3 is 19.4 Å². The van der Waals surface area contributed by atoms with Crippen molar-refractivity contribution in [2.75, 3.05) is 18.2 Å². The van der Waals surface area contributed by atoms with Crippen molar-refractivity contribution >= 4 is 29.3 Å². The monoisotopic (exact) mass is 454 g/mol. The highest BCUT2D eigenvalue weighted by molar-refractivity contribution is 7.99. The number of thioether (sulfide) groups is 1. The third-order valence-electron chi connectivity index (χ3n) is 4.75. The fraction of sp³-hybridized carbons (Fsp3) is 0.304. The first-order chi connectivity index (χ1) is 15.5. The molecular weight excluding hydrogens is 428 g/mol. The second-order valence-corrected chi connectivity index (χ2v) is 7.75. The molecule has 32 heavy (non-hydrogen) atoms. The van der Waals surface area contributed by atoms with Crippen LogP contribution >= 0.6 is 11.8 Å². The summed E-state index contributed by atoms with van der Waals surface area (Å²) >= 11 is 1.27. The van der Waals surface area contributed by atoms with Crippen molar-refractivity contribution in [3.63, 3.8) is 0 Å². The van der Waals surface area contributed by atoms with E-state index in [0.29, 0.717) is 28.8 Å². The van der Waals surface area contributed by atoms with Gasteiger partial charge in [-0.25, -0.2) is 4.79 Å². The molecule has 1 heterocycles. The number of hydrogen-bond donors (Lipinski definition) is 1. The van der Waals surface area contributed by atoms with E-state index in [9.17, 15) is 9.59 Å². The van der Waals surface area contributed by atoms with Gasteiger partial charge in [-0.15, -0.1) is 10.2 Å². The van der Waals surface area contributed by atoms with Crippen molar-refractivity contribution in [1.29, 1.82) is 0 Å². The van der Waals surface area contributed by atoms with Crippen LogP contribution in [0.5, 0.6) is 5.75 Å². The Balaban J connectivity index is 1.59. The number of rotatable bonds is 10. The van der Waals surface area contributed by atoms with Crippen LogP contribution in [0.15, 0.2) is 53.7 Å². The van der Waals surface area contributed by atoms with Crippen molar-refractivity contribution < 1.29 is 19.1 Å². The summed E-state index contributed by atoms with van der Waals surface area (Å²) in [5.41, 5.74) is 1.96. The van der Waals surface area contributed by atoms with Gasteiger partial charge in [0.25, 0.3) is 0 Å². The van der Waals surface area contributed by atoms with Gasteiger partial charge in [-0.1, -0.05) is 43.0 Å². The molecule has 0 aliphatic heterocycles. The van der Waals surface area contributed by atoms with E-state index in [2.05, 4.69) is 22.4 Å². The summed E-state index contributed by atoms with van der Waals surface area (Å²) in [6.07, 6.45) is 0.979. The Morgan fingerprint density at radius 2 is 1.81 bits per heavy atom. The molecule has 1 amide bonds. The van der Waals surface area contributed by atoms with Crippen LogP contribution in [-0.4, -0.2) is 39.5 Å². The lowest BCUT2D eigenvalue weighted by Crippen LogP contribution is -2.17. The van der Waals surface area contributed by atoms with E-state index in [1.54, 1.807) is 24.3 Å². The number of carbonyl (C=O) groups is 2. The number of nitrogens with one attached hydrogen (secondary N) is 1. The van der Waals surface area contributed by atoms with Crippen molar-refractivity contribution in [3.8, 4) is 5.75 Å². The number of carbonyl (C=O) groups excluding carboxylic acids is 2. The number of anilines is 1. The van der Waals surface area contributed by atoms with Crippen LogP contribution in [0, 0.1) is 0 Å². The quantitative estimate of drug-likeness (QED) is 0.366. The summed E-state index contributed by atoms with van der Waals surface area (Å²) < 4.78 is 12.5. The Labute approximate surface area is 191 Å². The minimum atomic E-state index is -0.506. The molecule has 9 heteroatoms. The van der Waals surface area contributed by atoms with Gasteiger partial charge in [0, 0.05) is 6.54 Å². The minimum absolute atomic E-state index is 0.118. The summed E-state index contributed by atoms with van der Waals surface area (Å²) in [4.78, 5) is 24.3. The van der Waals surface area contributed by atoms with Gasteiger partial charge >= 0.3 is 5.97 Å². The predicted octanol–water partition coefficient (Wildman–Crippen LogP) is 3.96. The summed E-state index contributed by atoms with van der Waals surface area (Å²) in [6.45, 7) is 5.03. The third kappa shape index (κ3) is 5.88. The normalized spacial score (nSPS) is 10.6. The van der Waals surface area contributed by atoms with Crippen LogP contribution in [0.25, 0.3) is 0 Å². The molecule has 3 aromatic rings. The second kappa shape index (κ2) is 11.3. The first-order valence-electron chi connectivity index (χ1n) is 10.3. The highest BCUT2D eigenvalue weighted by Crippen LogP contribution is 2.21. The average Bonchev–Trinajstić information content (AvgIpc) is 3.23. The molecule has 0 aliphatic carbocycles. The van der Waals surface area contributed by atoms with Crippen LogP contribution < -0.4 is 10.1 Å². The van der Waals surface area contributed by atoms with Gasteiger partial charge in [0.2, 0.25) is 5.91 Å². The average molecular weight is 455 g/mol. The van der Waals surface area contributed by atoms with E-state index in [1.807, 2.05) is 35.8 Å². The van der Waals surface area contributed by atoms with Crippen molar-refractivity contribution in [3.05, 3.63) is 65.5 Å². The number of methoxy groups -OCH3 is 1. The van der Waals surface area contributed by atoms with Gasteiger partial charge in [0.15, 0.2) is 11.0 Å². The molecule has 0 bridgehead atoms. The summed E-state index contributed by atoms with van der Waals surface area (Å²) in [7, 11) is 1.30. The molecule has 2 aromatic carbocycles.